The summed E-state index contributed by atoms with van der Waals surface area (Å²) in [5.41, 5.74) is 3.10. The summed E-state index contributed by atoms with van der Waals surface area (Å²) < 4.78 is 6.20. The maximum atomic E-state index is 6.20. The zero-order valence-electron chi connectivity index (χ0n) is 17.4. The molecule has 2 aliphatic carbocycles. The Kier molecular flexibility index (Phi) is 7.06. The molecule has 1 aromatic rings. The Labute approximate surface area is 166 Å². The summed E-state index contributed by atoms with van der Waals surface area (Å²) in [4.78, 5) is 0. The van der Waals surface area contributed by atoms with Crippen molar-refractivity contribution in [3.63, 3.8) is 0 Å². The van der Waals surface area contributed by atoms with Crippen LogP contribution < -0.4 is 4.74 Å². The van der Waals surface area contributed by atoms with E-state index in [1.54, 1.807) is 0 Å². The molecule has 1 nitrogen and oxygen atoms in total. The first kappa shape index (κ1) is 20.1. The van der Waals surface area contributed by atoms with Crippen molar-refractivity contribution in [2.24, 2.45) is 11.3 Å². The van der Waals surface area contributed by atoms with E-state index in [4.69, 9.17) is 4.74 Å². The molecule has 2 saturated carbocycles. The summed E-state index contributed by atoms with van der Waals surface area (Å²) >= 11 is 0. The van der Waals surface area contributed by atoms with Crippen molar-refractivity contribution in [2.75, 3.05) is 6.61 Å². The SMILES string of the molecule is C=C(C)C[C@H](C#CC)c1ccc(OCC2CCCC3(CCCCC3)C2)cc1. The van der Waals surface area contributed by atoms with E-state index in [0.29, 0.717) is 5.41 Å². The van der Waals surface area contributed by atoms with Crippen molar-refractivity contribution in [1.82, 2.24) is 0 Å². The number of rotatable bonds is 6. The lowest BCUT2D eigenvalue weighted by molar-refractivity contribution is 0.0658. The van der Waals surface area contributed by atoms with Crippen LogP contribution in [0.4, 0.5) is 0 Å². The number of hydrogen-bond acceptors (Lipinski definition) is 1. The second-order valence-corrected chi connectivity index (χ2v) is 9.01. The van der Waals surface area contributed by atoms with Crippen molar-refractivity contribution >= 4 is 0 Å². The summed E-state index contributed by atoms with van der Waals surface area (Å²) in [6, 6.07) is 8.60. The molecule has 0 aromatic heterocycles. The molecule has 0 N–H and O–H groups in total. The number of hydrogen-bond donors (Lipinski definition) is 0. The van der Waals surface area contributed by atoms with E-state index in [1.807, 2.05) is 6.92 Å². The standard InChI is InChI=1S/C26H36O/c1-4-9-24(18-21(2)3)23-11-13-25(14-12-23)27-20-22-10-8-17-26(19-22)15-6-5-7-16-26/h11-14,22,24H,2,5-8,10,15-20H2,1,3H3/t22?,24-/m0/s1. The van der Waals surface area contributed by atoms with Gasteiger partial charge in [0, 0.05) is 5.92 Å². The van der Waals surface area contributed by atoms with E-state index >= 15 is 0 Å². The van der Waals surface area contributed by atoms with Gasteiger partial charge in [-0.3, -0.25) is 0 Å². The molecule has 2 atom stereocenters. The predicted octanol–water partition coefficient (Wildman–Crippen LogP) is 7.28. The summed E-state index contributed by atoms with van der Waals surface area (Å²) in [6.07, 6.45) is 13.8. The third kappa shape index (κ3) is 5.65. The van der Waals surface area contributed by atoms with E-state index in [-0.39, 0.29) is 5.92 Å². The average molecular weight is 365 g/mol. The van der Waals surface area contributed by atoms with Gasteiger partial charge in [-0.05, 0) is 81.4 Å². The van der Waals surface area contributed by atoms with Gasteiger partial charge in [-0.15, -0.1) is 12.5 Å². The molecule has 0 radical (unpaired) electrons. The second-order valence-electron chi connectivity index (χ2n) is 9.01. The highest BCUT2D eigenvalue weighted by Crippen LogP contribution is 2.49. The highest BCUT2D eigenvalue weighted by atomic mass is 16.5. The second kappa shape index (κ2) is 9.50. The highest BCUT2D eigenvalue weighted by molar-refractivity contribution is 5.34. The third-order valence-corrected chi connectivity index (χ3v) is 6.59. The minimum Gasteiger partial charge on any atom is -0.493 e. The lowest BCUT2D eigenvalue weighted by Gasteiger charge is -2.43. The van der Waals surface area contributed by atoms with Crippen LogP contribution in [0.2, 0.25) is 0 Å². The summed E-state index contributed by atoms with van der Waals surface area (Å²) in [6.45, 7) is 8.91. The molecule has 1 heteroatoms. The van der Waals surface area contributed by atoms with Crippen LogP contribution in [-0.4, -0.2) is 6.61 Å². The van der Waals surface area contributed by atoms with Crippen LogP contribution in [0.25, 0.3) is 0 Å². The summed E-state index contributed by atoms with van der Waals surface area (Å²) in [5, 5.41) is 0. The van der Waals surface area contributed by atoms with Gasteiger partial charge in [0.25, 0.3) is 0 Å². The van der Waals surface area contributed by atoms with Crippen LogP contribution >= 0.6 is 0 Å². The minimum atomic E-state index is 0.242. The number of benzene rings is 1. The van der Waals surface area contributed by atoms with Crippen LogP contribution in [0.1, 0.15) is 89.5 Å². The lowest BCUT2D eigenvalue weighted by Crippen LogP contribution is -2.33. The quantitative estimate of drug-likeness (QED) is 0.381. The normalized spacial score (nSPS) is 22.5. The van der Waals surface area contributed by atoms with Gasteiger partial charge in [-0.1, -0.05) is 49.3 Å². The fourth-order valence-corrected chi connectivity index (χ4v) is 5.27. The van der Waals surface area contributed by atoms with Crippen molar-refractivity contribution in [1.29, 1.82) is 0 Å². The Morgan fingerprint density at radius 2 is 1.85 bits per heavy atom. The van der Waals surface area contributed by atoms with Gasteiger partial charge in [-0.25, -0.2) is 0 Å². The summed E-state index contributed by atoms with van der Waals surface area (Å²) in [5.74, 6) is 8.35. The van der Waals surface area contributed by atoms with Gasteiger partial charge in [0.1, 0.15) is 5.75 Å². The highest BCUT2D eigenvalue weighted by Gasteiger charge is 2.37. The molecule has 0 heterocycles. The predicted molar refractivity (Wildman–Crippen MR) is 115 cm³/mol. The Hall–Kier alpha value is -1.68. The van der Waals surface area contributed by atoms with Crippen molar-refractivity contribution in [3.05, 3.63) is 42.0 Å². The molecule has 1 spiro atoms. The van der Waals surface area contributed by atoms with Gasteiger partial charge in [0.05, 0.1) is 6.61 Å². The topological polar surface area (TPSA) is 9.23 Å². The van der Waals surface area contributed by atoms with E-state index < -0.39 is 0 Å². The largest absolute Gasteiger partial charge is 0.493 e. The molecule has 2 aliphatic rings. The average Bonchev–Trinajstić information content (AvgIpc) is 2.67. The molecule has 146 valence electrons. The van der Waals surface area contributed by atoms with E-state index in [2.05, 4.69) is 49.6 Å². The van der Waals surface area contributed by atoms with Crippen molar-refractivity contribution < 1.29 is 4.74 Å². The first-order valence-electron chi connectivity index (χ1n) is 10.9. The van der Waals surface area contributed by atoms with Gasteiger partial charge in [-0.2, -0.15) is 0 Å². The first-order valence-corrected chi connectivity index (χ1v) is 10.9. The molecule has 27 heavy (non-hydrogen) atoms. The molecule has 0 bridgehead atoms. The zero-order valence-corrected chi connectivity index (χ0v) is 17.4. The molecule has 0 saturated heterocycles. The Morgan fingerprint density at radius 1 is 1.15 bits per heavy atom. The van der Waals surface area contributed by atoms with Gasteiger partial charge >= 0.3 is 0 Å². The number of allylic oxidation sites excluding steroid dienone is 1. The van der Waals surface area contributed by atoms with Crippen LogP contribution in [-0.2, 0) is 0 Å². The van der Waals surface area contributed by atoms with Crippen LogP contribution in [0.5, 0.6) is 5.75 Å². The maximum Gasteiger partial charge on any atom is 0.119 e. The Bertz CT molecular complexity index is 661. The molecule has 2 fully saturated rings. The minimum absolute atomic E-state index is 0.242. The molecule has 0 aliphatic heterocycles. The third-order valence-electron chi connectivity index (χ3n) is 6.59. The molecular formula is C26H36O. The maximum absolute atomic E-state index is 6.20. The fourth-order valence-electron chi connectivity index (χ4n) is 5.27. The molecule has 1 unspecified atom stereocenters. The summed E-state index contributed by atoms with van der Waals surface area (Å²) in [7, 11) is 0. The van der Waals surface area contributed by atoms with Gasteiger partial charge in [0.15, 0.2) is 0 Å². The molecular weight excluding hydrogens is 328 g/mol. The fraction of sp³-hybridized carbons (Fsp3) is 0.615. The van der Waals surface area contributed by atoms with Crippen molar-refractivity contribution in [3.8, 4) is 17.6 Å². The first-order chi connectivity index (χ1) is 13.1. The van der Waals surface area contributed by atoms with Crippen LogP contribution in [0.3, 0.4) is 0 Å². The van der Waals surface area contributed by atoms with E-state index in [1.165, 1.54) is 68.9 Å². The van der Waals surface area contributed by atoms with Gasteiger partial charge in [0.2, 0.25) is 0 Å². The van der Waals surface area contributed by atoms with Crippen LogP contribution in [0.15, 0.2) is 36.4 Å². The van der Waals surface area contributed by atoms with Crippen molar-refractivity contribution in [2.45, 2.75) is 84.0 Å². The lowest BCUT2D eigenvalue weighted by atomic mass is 9.63. The van der Waals surface area contributed by atoms with E-state index in [0.717, 1.165) is 24.7 Å². The monoisotopic (exact) mass is 364 g/mol. The van der Waals surface area contributed by atoms with Crippen LogP contribution in [0, 0.1) is 23.2 Å². The Morgan fingerprint density at radius 3 is 2.52 bits per heavy atom. The number of ether oxygens (including phenoxy) is 1. The van der Waals surface area contributed by atoms with E-state index in [9.17, 15) is 0 Å². The molecule has 1 aromatic carbocycles. The zero-order chi connectivity index (χ0) is 19.1. The molecule has 0 amide bonds. The van der Waals surface area contributed by atoms with Gasteiger partial charge < -0.3 is 4.74 Å². The Balaban J connectivity index is 1.55. The smallest absolute Gasteiger partial charge is 0.119 e. The molecule has 3 rings (SSSR count).